The van der Waals surface area contributed by atoms with E-state index in [9.17, 15) is 9.90 Å². The van der Waals surface area contributed by atoms with Crippen LogP contribution in [0.4, 0.5) is 5.69 Å². The molecule has 1 fully saturated rings. The van der Waals surface area contributed by atoms with E-state index in [1.807, 2.05) is 6.07 Å². The maximum absolute atomic E-state index is 12.3. The summed E-state index contributed by atoms with van der Waals surface area (Å²) in [5.41, 5.74) is 2.04. The molecule has 110 valence electrons. The first-order valence-electron chi connectivity index (χ1n) is 6.87. The molecule has 1 heterocycles. The fraction of sp³-hybridized carbons (Fsp3) is 0.176. The topological polar surface area (TPSA) is 64.3 Å². The van der Waals surface area contributed by atoms with E-state index >= 15 is 0 Å². The zero-order chi connectivity index (χ0) is 15.7. The van der Waals surface area contributed by atoms with Gasteiger partial charge < -0.3 is 10.0 Å². The molecule has 2 unspecified atom stereocenters. The minimum Gasteiger partial charge on any atom is -0.383 e. The molecule has 0 saturated carbocycles. The lowest BCUT2D eigenvalue weighted by molar-refractivity contribution is -0.124. The summed E-state index contributed by atoms with van der Waals surface area (Å²) >= 11 is 5.89. The molecule has 4 nitrogen and oxygen atoms in total. The SMILES string of the molecule is N#Cc1cccc(C2CC(O)C(=O)N2c2ccc(Cl)cc2)c1. The van der Waals surface area contributed by atoms with Gasteiger partial charge in [0.15, 0.2) is 0 Å². The van der Waals surface area contributed by atoms with Gasteiger partial charge in [-0.15, -0.1) is 0 Å². The molecule has 0 aliphatic carbocycles. The Morgan fingerprint density at radius 2 is 1.95 bits per heavy atom. The van der Waals surface area contributed by atoms with Crippen molar-refractivity contribution < 1.29 is 9.90 Å². The van der Waals surface area contributed by atoms with E-state index in [1.54, 1.807) is 47.4 Å². The largest absolute Gasteiger partial charge is 0.383 e. The fourth-order valence-electron chi connectivity index (χ4n) is 2.74. The molecule has 2 aromatic rings. The van der Waals surface area contributed by atoms with Crippen molar-refractivity contribution in [2.75, 3.05) is 4.90 Å². The Labute approximate surface area is 133 Å². The normalized spacial score (nSPS) is 21.0. The Morgan fingerprint density at radius 3 is 2.64 bits per heavy atom. The van der Waals surface area contributed by atoms with Crippen molar-refractivity contribution in [3.05, 3.63) is 64.7 Å². The summed E-state index contributed by atoms with van der Waals surface area (Å²) in [5, 5.41) is 19.6. The van der Waals surface area contributed by atoms with E-state index in [4.69, 9.17) is 16.9 Å². The number of aliphatic hydroxyl groups is 1. The lowest BCUT2D eigenvalue weighted by Crippen LogP contribution is -2.30. The number of amides is 1. The Hall–Kier alpha value is -2.35. The van der Waals surface area contributed by atoms with Crippen LogP contribution >= 0.6 is 11.6 Å². The first-order valence-corrected chi connectivity index (χ1v) is 7.24. The molecule has 0 bridgehead atoms. The zero-order valence-electron chi connectivity index (χ0n) is 11.6. The molecule has 2 aromatic carbocycles. The zero-order valence-corrected chi connectivity index (χ0v) is 12.4. The molecule has 5 heteroatoms. The minimum absolute atomic E-state index is 0.294. The Bertz CT molecular complexity index is 752. The van der Waals surface area contributed by atoms with Crippen LogP contribution in [0.1, 0.15) is 23.6 Å². The number of aliphatic hydroxyl groups excluding tert-OH is 1. The molecule has 1 aliphatic heterocycles. The number of anilines is 1. The van der Waals surface area contributed by atoms with E-state index in [2.05, 4.69) is 6.07 Å². The van der Waals surface area contributed by atoms with E-state index in [1.165, 1.54) is 0 Å². The summed E-state index contributed by atoms with van der Waals surface area (Å²) in [7, 11) is 0. The standard InChI is InChI=1S/C17H13ClN2O2/c18-13-4-6-14(7-5-13)20-15(9-16(21)17(20)22)12-3-1-2-11(8-12)10-19/h1-8,15-16,21H,9H2. The molecular weight excluding hydrogens is 300 g/mol. The van der Waals surface area contributed by atoms with Crippen LogP contribution in [0.25, 0.3) is 0 Å². The Morgan fingerprint density at radius 1 is 1.23 bits per heavy atom. The van der Waals surface area contributed by atoms with Crippen LogP contribution in [0.15, 0.2) is 48.5 Å². The number of rotatable bonds is 2. The second-order valence-corrected chi connectivity index (χ2v) is 5.63. The predicted molar refractivity (Wildman–Crippen MR) is 83.5 cm³/mol. The highest BCUT2D eigenvalue weighted by atomic mass is 35.5. The monoisotopic (exact) mass is 312 g/mol. The number of benzene rings is 2. The minimum atomic E-state index is -1.04. The number of halogens is 1. The maximum atomic E-state index is 12.3. The molecule has 0 radical (unpaired) electrons. The second kappa shape index (κ2) is 5.80. The van der Waals surface area contributed by atoms with E-state index < -0.39 is 6.10 Å². The summed E-state index contributed by atoms with van der Waals surface area (Å²) in [6.07, 6.45) is -0.734. The van der Waals surface area contributed by atoms with Crippen molar-refractivity contribution in [3.8, 4) is 6.07 Å². The van der Waals surface area contributed by atoms with E-state index in [0.717, 1.165) is 5.56 Å². The maximum Gasteiger partial charge on any atom is 0.256 e. The third-order valence-electron chi connectivity index (χ3n) is 3.79. The summed E-state index contributed by atoms with van der Waals surface area (Å²) in [5.74, 6) is -0.338. The lowest BCUT2D eigenvalue weighted by Gasteiger charge is -2.25. The Kier molecular flexibility index (Phi) is 3.84. The molecule has 1 N–H and O–H groups in total. The van der Waals surface area contributed by atoms with E-state index in [0.29, 0.717) is 22.7 Å². The number of carbonyl (C=O) groups excluding carboxylic acids is 1. The lowest BCUT2D eigenvalue weighted by atomic mass is 10.0. The highest BCUT2D eigenvalue weighted by molar-refractivity contribution is 6.30. The van der Waals surface area contributed by atoms with Gasteiger partial charge in [0.2, 0.25) is 0 Å². The number of nitriles is 1. The van der Waals surface area contributed by atoms with Crippen LogP contribution in [0.3, 0.4) is 0 Å². The summed E-state index contributed by atoms with van der Waals surface area (Å²) in [6.45, 7) is 0. The highest BCUT2D eigenvalue weighted by Crippen LogP contribution is 2.37. The Balaban J connectivity index is 2.03. The van der Waals surface area contributed by atoms with Crippen LogP contribution in [-0.4, -0.2) is 17.1 Å². The quantitative estimate of drug-likeness (QED) is 0.927. The van der Waals surface area contributed by atoms with Gasteiger partial charge >= 0.3 is 0 Å². The number of nitrogens with zero attached hydrogens (tertiary/aromatic N) is 2. The second-order valence-electron chi connectivity index (χ2n) is 5.19. The van der Waals surface area contributed by atoms with Crippen molar-refractivity contribution in [2.45, 2.75) is 18.6 Å². The van der Waals surface area contributed by atoms with Gasteiger partial charge in [-0.25, -0.2) is 0 Å². The average molecular weight is 313 g/mol. The predicted octanol–water partition coefficient (Wildman–Crippen LogP) is 3.05. The summed E-state index contributed by atoms with van der Waals surface area (Å²) in [6, 6.07) is 15.8. The third kappa shape index (κ3) is 2.57. The van der Waals surface area contributed by atoms with Crippen LogP contribution < -0.4 is 4.90 Å². The van der Waals surface area contributed by atoms with Crippen LogP contribution in [0, 0.1) is 11.3 Å². The molecule has 1 amide bonds. The molecule has 0 spiro atoms. The van der Waals surface area contributed by atoms with Gasteiger partial charge in [0.05, 0.1) is 17.7 Å². The molecule has 2 atom stereocenters. The van der Waals surface area contributed by atoms with Gasteiger partial charge in [-0.3, -0.25) is 4.79 Å². The highest BCUT2D eigenvalue weighted by Gasteiger charge is 2.40. The van der Waals surface area contributed by atoms with Gasteiger partial charge in [0, 0.05) is 17.1 Å². The number of hydrogen-bond donors (Lipinski definition) is 1. The van der Waals surface area contributed by atoms with Crippen molar-refractivity contribution >= 4 is 23.2 Å². The number of hydrogen-bond acceptors (Lipinski definition) is 3. The molecule has 22 heavy (non-hydrogen) atoms. The number of carbonyl (C=O) groups is 1. The van der Waals surface area contributed by atoms with Crippen molar-refractivity contribution in [3.63, 3.8) is 0 Å². The molecular formula is C17H13ClN2O2. The average Bonchev–Trinajstić information content (AvgIpc) is 2.84. The van der Waals surface area contributed by atoms with Gasteiger partial charge in [-0.1, -0.05) is 23.7 Å². The fourth-order valence-corrected chi connectivity index (χ4v) is 2.87. The van der Waals surface area contributed by atoms with Crippen molar-refractivity contribution in [1.82, 2.24) is 0 Å². The third-order valence-corrected chi connectivity index (χ3v) is 4.04. The smallest absolute Gasteiger partial charge is 0.256 e. The van der Waals surface area contributed by atoms with Gasteiger partial charge in [-0.2, -0.15) is 5.26 Å². The first kappa shape index (κ1) is 14.6. The van der Waals surface area contributed by atoms with Crippen LogP contribution in [0.2, 0.25) is 5.02 Å². The van der Waals surface area contributed by atoms with Gasteiger partial charge in [0.1, 0.15) is 6.10 Å². The van der Waals surface area contributed by atoms with Crippen molar-refractivity contribution in [2.24, 2.45) is 0 Å². The first-order chi connectivity index (χ1) is 10.6. The van der Waals surface area contributed by atoms with E-state index in [-0.39, 0.29) is 11.9 Å². The molecule has 1 saturated heterocycles. The van der Waals surface area contributed by atoms with Crippen LogP contribution in [-0.2, 0) is 4.79 Å². The summed E-state index contributed by atoms with van der Waals surface area (Å²) in [4.78, 5) is 13.9. The summed E-state index contributed by atoms with van der Waals surface area (Å²) < 4.78 is 0. The molecule has 0 aromatic heterocycles. The van der Waals surface area contributed by atoms with Crippen molar-refractivity contribution in [1.29, 1.82) is 5.26 Å². The van der Waals surface area contributed by atoms with Crippen LogP contribution in [0.5, 0.6) is 0 Å². The molecule has 1 aliphatic rings. The molecule has 3 rings (SSSR count). The van der Waals surface area contributed by atoms with Gasteiger partial charge in [-0.05, 0) is 42.0 Å². The van der Waals surface area contributed by atoms with Gasteiger partial charge in [0.25, 0.3) is 5.91 Å².